The molecule has 7 aliphatic rings. The molecule has 2 saturated heterocycles. The first-order valence-electron chi connectivity index (χ1n) is 20.8. The lowest BCUT2D eigenvalue weighted by Crippen LogP contribution is -2.66. The summed E-state index contributed by atoms with van der Waals surface area (Å²) in [6.45, 7) is 11.3. The predicted octanol–water partition coefficient (Wildman–Crippen LogP) is 1.72. The quantitative estimate of drug-likeness (QED) is 0.158. The Labute approximate surface area is 333 Å². The van der Waals surface area contributed by atoms with Crippen molar-refractivity contribution in [3.05, 3.63) is 23.3 Å². The molecule has 0 amide bonds. The largest absolute Gasteiger partial charge is 0.481 e. The Kier molecular flexibility index (Phi) is 11.2. The number of rotatable bonds is 8. The molecule has 322 valence electrons. The molecule has 7 rings (SSSR count). The topological polar surface area (TPSA) is 253 Å². The van der Waals surface area contributed by atoms with Crippen LogP contribution in [0.3, 0.4) is 0 Å². The van der Waals surface area contributed by atoms with Gasteiger partial charge >= 0.3 is 11.9 Å². The maximum absolute atomic E-state index is 14.0. The molecule has 0 spiro atoms. The normalized spacial score (nSPS) is 51.9. The van der Waals surface area contributed by atoms with Gasteiger partial charge in [0, 0.05) is 5.41 Å². The minimum atomic E-state index is -1.80. The van der Waals surface area contributed by atoms with Crippen molar-refractivity contribution in [2.75, 3.05) is 13.2 Å². The molecule has 5 fully saturated rings. The lowest BCUT2D eigenvalue weighted by molar-refractivity contribution is -0.375. The van der Waals surface area contributed by atoms with E-state index >= 15 is 0 Å². The molecule has 2 aliphatic heterocycles. The van der Waals surface area contributed by atoms with Crippen LogP contribution in [0.5, 0.6) is 0 Å². The van der Waals surface area contributed by atoms with Gasteiger partial charge in [-0.05, 0) is 85.9 Å². The average molecular weight is 809 g/mol. The highest BCUT2D eigenvalue weighted by molar-refractivity contribution is 5.84. The van der Waals surface area contributed by atoms with E-state index in [1.165, 1.54) is 0 Å². The Hall–Kier alpha value is -2.02. The molecule has 0 aromatic carbocycles. The molecule has 2 heterocycles. The zero-order valence-electron chi connectivity index (χ0n) is 33.9. The van der Waals surface area contributed by atoms with Crippen LogP contribution in [0.25, 0.3) is 0 Å². The van der Waals surface area contributed by atoms with Crippen LogP contribution < -0.4 is 0 Å². The van der Waals surface area contributed by atoms with Crippen molar-refractivity contribution in [2.45, 2.75) is 160 Å². The third kappa shape index (κ3) is 6.07. The van der Waals surface area contributed by atoms with Gasteiger partial charge in [-0.3, -0.25) is 9.59 Å². The van der Waals surface area contributed by atoms with E-state index in [0.29, 0.717) is 38.5 Å². The van der Waals surface area contributed by atoms with E-state index in [9.17, 15) is 55.5 Å². The van der Waals surface area contributed by atoms with Gasteiger partial charge in [0.1, 0.15) is 48.8 Å². The van der Waals surface area contributed by atoms with Crippen LogP contribution in [-0.4, -0.2) is 139 Å². The monoisotopic (exact) mass is 808 g/mol. The summed E-state index contributed by atoms with van der Waals surface area (Å²) in [5.41, 5.74) is -2.23. The molecular formula is C42H64O15. The molecule has 0 bridgehead atoms. The van der Waals surface area contributed by atoms with Crippen molar-refractivity contribution in [3.8, 4) is 0 Å². The van der Waals surface area contributed by atoms with Gasteiger partial charge in [-0.25, -0.2) is 0 Å². The van der Waals surface area contributed by atoms with Crippen LogP contribution in [0.15, 0.2) is 23.3 Å². The number of carboxylic acid groups (broad SMARTS) is 2. The van der Waals surface area contributed by atoms with Crippen LogP contribution in [0.1, 0.15) is 92.9 Å². The first-order valence-corrected chi connectivity index (χ1v) is 20.8. The summed E-state index contributed by atoms with van der Waals surface area (Å²) >= 11 is 0. The van der Waals surface area contributed by atoms with Crippen molar-refractivity contribution >= 4 is 11.9 Å². The number of aliphatic hydroxyl groups is 7. The van der Waals surface area contributed by atoms with Crippen LogP contribution in [0.2, 0.25) is 0 Å². The maximum Gasteiger partial charge on any atom is 0.314 e. The van der Waals surface area contributed by atoms with Crippen LogP contribution >= 0.6 is 0 Å². The standard InChI is InChI=1S/C42H64O15/c1-19-9-14-41(36(50)51)15-16-42(37(52)53)21(27(41)20(19)2)7-8-25-39(5)12-11-26(38(3,4)24(39)10-13-40(25,42)6)56-35-33(31(48)29(46)23(18-44)55-35)57-34-32(49)30(47)28(45)22(17-43)54-34/h7,10,19-20,22-23,25-35,43-49H,8-9,11-18H2,1-6H3,(H,50,51)(H,52,53). The molecule has 15 nitrogen and oxygen atoms in total. The van der Waals surface area contributed by atoms with Crippen molar-refractivity contribution < 1.29 is 74.5 Å². The molecule has 57 heavy (non-hydrogen) atoms. The van der Waals surface area contributed by atoms with E-state index in [0.717, 1.165) is 17.6 Å². The summed E-state index contributed by atoms with van der Waals surface area (Å²) in [4.78, 5) is 27.1. The second-order valence-electron chi connectivity index (χ2n) is 19.5. The predicted molar refractivity (Wildman–Crippen MR) is 200 cm³/mol. The number of allylic oxidation sites excluding steroid dienone is 2. The average Bonchev–Trinajstić information content (AvgIpc) is 3.16. The lowest BCUT2D eigenvalue weighted by atomic mass is 9.34. The number of hydrogen-bond donors (Lipinski definition) is 9. The van der Waals surface area contributed by atoms with Gasteiger partial charge < -0.3 is 64.9 Å². The van der Waals surface area contributed by atoms with Gasteiger partial charge in [0.25, 0.3) is 0 Å². The molecule has 0 aromatic rings. The van der Waals surface area contributed by atoms with E-state index in [4.69, 9.17) is 18.9 Å². The van der Waals surface area contributed by atoms with E-state index in [1.807, 2.05) is 13.8 Å². The Morgan fingerprint density at radius 1 is 0.754 bits per heavy atom. The first kappa shape index (κ1) is 43.1. The zero-order chi connectivity index (χ0) is 41.8. The zero-order valence-corrected chi connectivity index (χ0v) is 33.9. The van der Waals surface area contributed by atoms with Crippen LogP contribution in [0, 0.1) is 50.7 Å². The molecular weight excluding hydrogens is 744 g/mol. The van der Waals surface area contributed by atoms with Gasteiger partial charge in [0.15, 0.2) is 12.6 Å². The van der Waals surface area contributed by atoms with Gasteiger partial charge in [0.05, 0.1) is 30.1 Å². The fourth-order valence-corrected chi connectivity index (χ4v) is 13.3. The second-order valence-corrected chi connectivity index (χ2v) is 19.5. The van der Waals surface area contributed by atoms with Gasteiger partial charge in [-0.15, -0.1) is 0 Å². The number of hydrogen-bond acceptors (Lipinski definition) is 13. The fourth-order valence-electron chi connectivity index (χ4n) is 13.3. The third-order valence-corrected chi connectivity index (χ3v) is 16.7. The molecule has 5 aliphatic carbocycles. The van der Waals surface area contributed by atoms with Crippen LogP contribution in [0.4, 0.5) is 0 Å². The molecule has 9 N–H and O–H groups in total. The third-order valence-electron chi connectivity index (χ3n) is 16.7. The van der Waals surface area contributed by atoms with Crippen molar-refractivity contribution in [1.29, 1.82) is 0 Å². The summed E-state index contributed by atoms with van der Waals surface area (Å²) in [7, 11) is 0. The number of ether oxygens (including phenoxy) is 4. The summed E-state index contributed by atoms with van der Waals surface area (Å²) in [5.74, 6) is -1.91. The van der Waals surface area contributed by atoms with E-state index in [2.05, 4.69) is 39.8 Å². The number of carbonyl (C=O) groups is 2. The Morgan fingerprint density at radius 2 is 1.39 bits per heavy atom. The Balaban J connectivity index is 1.20. The number of aliphatic carboxylic acids is 2. The SMILES string of the molecule is CC1CCC2(C(=O)O)CCC3(C(=O)O)C(=CCC4C5(C)CCC(OC6OC(CO)C(O)C(O)C6OC6OC(CO)C(O)C(O)C6O)C(C)(C)C5=CCC43C)C2C1C. The molecule has 0 aromatic heterocycles. The van der Waals surface area contributed by atoms with Gasteiger partial charge in [-0.1, -0.05) is 64.8 Å². The molecule has 15 heteroatoms. The Bertz CT molecular complexity index is 1630. The second kappa shape index (κ2) is 14.9. The van der Waals surface area contributed by atoms with Crippen molar-refractivity contribution in [1.82, 2.24) is 0 Å². The van der Waals surface area contributed by atoms with E-state index in [-0.39, 0.29) is 30.1 Å². The number of carboxylic acids is 2. The molecule has 19 atom stereocenters. The summed E-state index contributed by atoms with van der Waals surface area (Å²) in [6.07, 6.45) is -7.94. The highest BCUT2D eigenvalue weighted by Crippen LogP contribution is 2.75. The van der Waals surface area contributed by atoms with Crippen LogP contribution in [-0.2, 0) is 28.5 Å². The maximum atomic E-state index is 14.0. The van der Waals surface area contributed by atoms with Crippen molar-refractivity contribution in [2.24, 2.45) is 50.7 Å². The van der Waals surface area contributed by atoms with E-state index < -0.39 is 120 Å². The number of fused-ring (bicyclic) bond motifs is 7. The minimum absolute atomic E-state index is 0.0117. The molecule has 19 unspecified atom stereocenters. The van der Waals surface area contributed by atoms with Gasteiger partial charge in [0.2, 0.25) is 0 Å². The summed E-state index contributed by atoms with van der Waals surface area (Å²) in [6, 6.07) is 0. The first-order chi connectivity index (χ1) is 26.7. The fraction of sp³-hybridized carbons (Fsp3) is 0.857. The minimum Gasteiger partial charge on any atom is -0.481 e. The van der Waals surface area contributed by atoms with Gasteiger partial charge in [-0.2, -0.15) is 0 Å². The van der Waals surface area contributed by atoms with E-state index in [1.54, 1.807) is 0 Å². The Morgan fingerprint density at radius 3 is 2.00 bits per heavy atom. The summed E-state index contributed by atoms with van der Waals surface area (Å²) < 4.78 is 24.2. The molecule has 3 saturated carbocycles. The lowest BCUT2D eigenvalue weighted by Gasteiger charge is -2.68. The molecule has 0 radical (unpaired) electrons. The number of aliphatic hydroxyl groups excluding tert-OH is 7. The highest BCUT2D eigenvalue weighted by Gasteiger charge is 2.72. The highest BCUT2D eigenvalue weighted by atomic mass is 16.8. The summed E-state index contributed by atoms with van der Waals surface area (Å²) in [5, 5.41) is 95.5. The smallest absolute Gasteiger partial charge is 0.314 e. The van der Waals surface area contributed by atoms with Crippen molar-refractivity contribution in [3.63, 3.8) is 0 Å².